The fraction of sp³-hybridized carbons (Fsp3) is 0.0741. The van der Waals surface area contributed by atoms with Crippen molar-refractivity contribution in [3.8, 4) is 5.69 Å². The molecule has 2 heterocycles. The molecule has 1 atom stereocenters. The molecule has 33 heavy (non-hydrogen) atoms. The molecule has 162 valence electrons. The third-order valence-electron chi connectivity index (χ3n) is 5.57. The van der Waals surface area contributed by atoms with Crippen LogP contribution in [0.3, 0.4) is 0 Å². The van der Waals surface area contributed by atoms with Crippen LogP contribution in [0.4, 0.5) is 0 Å². The summed E-state index contributed by atoms with van der Waals surface area (Å²) in [5, 5.41) is 5.71. The number of nitrogens with zero attached hydrogens (tertiary/aromatic N) is 2. The summed E-state index contributed by atoms with van der Waals surface area (Å²) in [6.07, 6.45) is 0. The molecule has 0 radical (unpaired) electrons. The number of rotatable bonds is 5. The minimum atomic E-state index is -0.229. The summed E-state index contributed by atoms with van der Waals surface area (Å²) >= 11 is 1.61. The van der Waals surface area contributed by atoms with Gasteiger partial charge in [0.2, 0.25) is 0 Å². The second-order valence-electron chi connectivity index (χ2n) is 7.70. The molecule has 5 nitrogen and oxygen atoms in total. The van der Waals surface area contributed by atoms with E-state index in [1.807, 2.05) is 66.0 Å². The first kappa shape index (κ1) is 20.8. The van der Waals surface area contributed by atoms with E-state index in [0.717, 1.165) is 10.4 Å². The van der Waals surface area contributed by atoms with Gasteiger partial charge in [-0.2, -0.15) is 0 Å². The summed E-state index contributed by atoms with van der Waals surface area (Å²) in [5.41, 5.74) is 2.76. The molecule has 0 aliphatic heterocycles. The van der Waals surface area contributed by atoms with Crippen LogP contribution in [0.1, 0.15) is 32.7 Å². The largest absolute Gasteiger partial charge is 0.340 e. The normalized spacial score (nSPS) is 11.9. The molecular formula is C27H21N3O2S. The van der Waals surface area contributed by atoms with E-state index in [2.05, 4.69) is 10.3 Å². The summed E-state index contributed by atoms with van der Waals surface area (Å²) in [5.74, 6) is 0.419. The summed E-state index contributed by atoms with van der Waals surface area (Å²) in [6.45, 7) is 1.81. The van der Waals surface area contributed by atoms with Gasteiger partial charge in [-0.3, -0.25) is 14.2 Å². The molecule has 6 heteroatoms. The van der Waals surface area contributed by atoms with Crippen molar-refractivity contribution in [2.45, 2.75) is 13.0 Å². The molecule has 1 amide bonds. The van der Waals surface area contributed by atoms with Gasteiger partial charge in [-0.05, 0) is 60.3 Å². The predicted octanol–water partition coefficient (Wildman–Crippen LogP) is 5.28. The molecule has 0 fully saturated rings. The summed E-state index contributed by atoms with van der Waals surface area (Å²) in [6, 6.07) is 28.0. The number of para-hydroxylation sites is 1. The monoisotopic (exact) mass is 451 g/mol. The zero-order valence-electron chi connectivity index (χ0n) is 17.9. The van der Waals surface area contributed by atoms with Crippen LogP contribution in [0.15, 0.2) is 101 Å². The van der Waals surface area contributed by atoms with Gasteiger partial charge in [0.15, 0.2) is 0 Å². The quantitative estimate of drug-likeness (QED) is 0.396. The summed E-state index contributed by atoms with van der Waals surface area (Å²) in [4.78, 5) is 31.8. The Morgan fingerprint density at radius 2 is 1.64 bits per heavy atom. The standard InChI is InChI=1S/C27H21N3O2S/c1-18-28-23-11-6-5-10-22(23)27(32)30(18)21-15-13-20(14-16-21)26(31)29-25(24-12-7-17-33-24)19-8-3-2-4-9-19/h2-17,25H,1H3,(H,29,31). The van der Waals surface area contributed by atoms with Gasteiger partial charge in [-0.25, -0.2) is 4.98 Å². The van der Waals surface area contributed by atoms with Gasteiger partial charge in [0.25, 0.3) is 11.5 Å². The first-order chi connectivity index (χ1) is 16.1. The van der Waals surface area contributed by atoms with Crippen LogP contribution < -0.4 is 10.9 Å². The SMILES string of the molecule is Cc1nc2ccccc2c(=O)n1-c1ccc(C(=O)NC(c2ccccc2)c2cccs2)cc1. The Kier molecular flexibility index (Phi) is 5.59. The zero-order chi connectivity index (χ0) is 22.8. The Labute approximate surface area is 195 Å². The van der Waals surface area contributed by atoms with Crippen molar-refractivity contribution in [2.75, 3.05) is 0 Å². The zero-order valence-corrected chi connectivity index (χ0v) is 18.8. The van der Waals surface area contributed by atoms with Gasteiger partial charge in [0.1, 0.15) is 5.82 Å². The van der Waals surface area contributed by atoms with E-state index in [1.54, 1.807) is 53.2 Å². The highest BCUT2D eigenvalue weighted by atomic mass is 32.1. The highest BCUT2D eigenvalue weighted by Gasteiger charge is 2.19. The smallest absolute Gasteiger partial charge is 0.265 e. The summed E-state index contributed by atoms with van der Waals surface area (Å²) in [7, 11) is 0. The van der Waals surface area contributed by atoms with Gasteiger partial charge in [0, 0.05) is 10.4 Å². The Morgan fingerprint density at radius 3 is 2.36 bits per heavy atom. The summed E-state index contributed by atoms with van der Waals surface area (Å²) < 4.78 is 1.57. The van der Waals surface area contributed by atoms with Crippen LogP contribution in [0.2, 0.25) is 0 Å². The number of amides is 1. The number of thiophene rings is 1. The van der Waals surface area contributed by atoms with Gasteiger partial charge >= 0.3 is 0 Å². The van der Waals surface area contributed by atoms with Crippen LogP contribution in [-0.4, -0.2) is 15.5 Å². The van der Waals surface area contributed by atoms with E-state index >= 15 is 0 Å². The molecule has 1 N–H and O–H groups in total. The van der Waals surface area contributed by atoms with E-state index in [4.69, 9.17) is 0 Å². The molecule has 0 saturated carbocycles. The minimum Gasteiger partial charge on any atom is -0.340 e. The fourth-order valence-corrected chi connectivity index (χ4v) is 4.75. The Balaban J connectivity index is 1.45. The average molecular weight is 452 g/mol. The van der Waals surface area contributed by atoms with Crippen LogP contribution in [0.5, 0.6) is 0 Å². The molecule has 5 aromatic rings. The minimum absolute atomic E-state index is 0.128. The lowest BCUT2D eigenvalue weighted by Crippen LogP contribution is -2.29. The Hall–Kier alpha value is -4.03. The lowest BCUT2D eigenvalue weighted by molar-refractivity contribution is 0.0943. The second-order valence-corrected chi connectivity index (χ2v) is 8.68. The lowest BCUT2D eigenvalue weighted by Gasteiger charge is -2.18. The van der Waals surface area contributed by atoms with Crippen LogP contribution in [0, 0.1) is 6.92 Å². The molecule has 0 aliphatic carbocycles. The molecule has 0 aliphatic rings. The molecule has 2 aromatic heterocycles. The predicted molar refractivity (Wildman–Crippen MR) is 132 cm³/mol. The van der Waals surface area contributed by atoms with Gasteiger partial charge in [-0.1, -0.05) is 48.5 Å². The van der Waals surface area contributed by atoms with Crippen molar-refractivity contribution in [3.05, 3.63) is 129 Å². The molecule has 0 spiro atoms. The third kappa shape index (κ3) is 4.08. The Bertz CT molecular complexity index is 1470. The topological polar surface area (TPSA) is 64.0 Å². The van der Waals surface area contributed by atoms with E-state index in [1.165, 1.54) is 0 Å². The molecule has 0 bridgehead atoms. The molecule has 5 rings (SSSR count). The first-order valence-electron chi connectivity index (χ1n) is 10.6. The molecule has 1 unspecified atom stereocenters. The van der Waals surface area contributed by atoms with Crippen molar-refractivity contribution < 1.29 is 4.79 Å². The highest BCUT2D eigenvalue weighted by Crippen LogP contribution is 2.26. The maximum absolute atomic E-state index is 13.1. The van der Waals surface area contributed by atoms with Crippen LogP contribution in [-0.2, 0) is 0 Å². The third-order valence-corrected chi connectivity index (χ3v) is 6.50. The van der Waals surface area contributed by atoms with Crippen LogP contribution >= 0.6 is 11.3 Å². The van der Waals surface area contributed by atoms with Gasteiger partial charge in [-0.15, -0.1) is 11.3 Å². The fourth-order valence-electron chi connectivity index (χ4n) is 3.94. The molecule has 3 aromatic carbocycles. The van der Waals surface area contributed by atoms with Crippen LogP contribution in [0.25, 0.3) is 16.6 Å². The number of carbonyl (C=O) groups is 1. The van der Waals surface area contributed by atoms with Crippen molar-refractivity contribution >= 4 is 28.1 Å². The maximum Gasteiger partial charge on any atom is 0.265 e. The maximum atomic E-state index is 13.1. The van der Waals surface area contributed by atoms with Crippen molar-refractivity contribution in [1.82, 2.24) is 14.9 Å². The molecule has 0 saturated heterocycles. The van der Waals surface area contributed by atoms with E-state index in [9.17, 15) is 9.59 Å². The van der Waals surface area contributed by atoms with Gasteiger partial charge in [0.05, 0.1) is 22.6 Å². The number of hydrogen-bond donors (Lipinski definition) is 1. The number of aryl methyl sites for hydroxylation is 1. The van der Waals surface area contributed by atoms with Crippen molar-refractivity contribution in [2.24, 2.45) is 0 Å². The molecular weight excluding hydrogens is 430 g/mol. The number of carbonyl (C=O) groups excluding carboxylic acids is 1. The number of aromatic nitrogens is 2. The van der Waals surface area contributed by atoms with Crippen molar-refractivity contribution in [3.63, 3.8) is 0 Å². The van der Waals surface area contributed by atoms with E-state index < -0.39 is 0 Å². The lowest BCUT2D eigenvalue weighted by atomic mass is 10.0. The number of hydrogen-bond acceptors (Lipinski definition) is 4. The first-order valence-corrected chi connectivity index (χ1v) is 11.5. The van der Waals surface area contributed by atoms with Crippen molar-refractivity contribution in [1.29, 1.82) is 0 Å². The average Bonchev–Trinajstić information content (AvgIpc) is 3.38. The van der Waals surface area contributed by atoms with E-state index in [0.29, 0.717) is 28.0 Å². The highest BCUT2D eigenvalue weighted by molar-refractivity contribution is 7.10. The number of fused-ring (bicyclic) bond motifs is 1. The number of nitrogens with one attached hydrogen (secondary N) is 1. The van der Waals surface area contributed by atoms with Gasteiger partial charge < -0.3 is 5.32 Å². The Morgan fingerprint density at radius 1 is 0.909 bits per heavy atom. The second kappa shape index (κ2) is 8.84. The van der Waals surface area contributed by atoms with E-state index in [-0.39, 0.29) is 17.5 Å². The number of benzene rings is 3.